The lowest BCUT2D eigenvalue weighted by Gasteiger charge is -2.51. The summed E-state index contributed by atoms with van der Waals surface area (Å²) in [6.45, 7) is 0. The lowest BCUT2D eigenvalue weighted by molar-refractivity contribution is 0.177. The van der Waals surface area contributed by atoms with Gasteiger partial charge in [-0.3, -0.25) is 19.9 Å². The third-order valence-corrected chi connectivity index (χ3v) is 6.28. The van der Waals surface area contributed by atoms with Crippen molar-refractivity contribution in [1.82, 2.24) is 19.9 Å². The molecule has 1 aliphatic rings. The largest absolute Gasteiger partial charge is 0.265 e. The van der Waals surface area contributed by atoms with Gasteiger partial charge in [0, 0.05) is 49.6 Å². The molecule has 0 bridgehead atoms. The van der Waals surface area contributed by atoms with Gasteiger partial charge in [0.05, 0.1) is 0 Å². The average Bonchev–Trinajstić information content (AvgIpc) is 2.86. The normalized spacial score (nSPS) is 22.8. The topological polar surface area (TPSA) is 51.6 Å². The number of pyridine rings is 4. The molecule has 1 aliphatic carbocycles. The first-order valence-electron chi connectivity index (χ1n) is 10.9. The molecule has 0 aromatic carbocycles. The molecule has 0 N–H and O–H groups in total. The molecule has 4 aromatic rings. The van der Waals surface area contributed by atoms with Gasteiger partial charge in [-0.25, -0.2) is 0 Å². The van der Waals surface area contributed by atoms with Crippen LogP contribution in [-0.4, -0.2) is 19.9 Å². The SMILES string of the molecule is C(=C\[C@H]1[C@H](/C=C/c2ccncc2)[C@@H](c2ccncc2)[C@@H]1c1ccncc1)/c1ccncc1. The molecule has 156 valence electrons. The standard InChI is InChI=1S/C28H24N4/c1(21-5-13-29-14-6-21)3-25-26(4-2-22-7-15-30-16-8-22)28(24-11-19-32-20-12-24)27(25)23-9-17-31-18-10-23/h1-20,25-28H/b3-1+,4-2+/t25-,26-,27+,28+/m0/s1. The fraction of sp³-hybridized carbons (Fsp3) is 0.143. The van der Waals surface area contributed by atoms with Crippen LogP contribution in [0.25, 0.3) is 12.2 Å². The van der Waals surface area contributed by atoms with E-state index >= 15 is 0 Å². The Bertz CT molecular complexity index is 1080. The molecule has 32 heavy (non-hydrogen) atoms. The van der Waals surface area contributed by atoms with Crippen molar-refractivity contribution in [3.63, 3.8) is 0 Å². The fourth-order valence-electron chi connectivity index (χ4n) is 4.73. The van der Waals surface area contributed by atoms with E-state index in [-0.39, 0.29) is 0 Å². The second-order valence-electron chi connectivity index (χ2n) is 8.05. The van der Waals surface area contributed by atoms with Gasteiger partial charge >= 0.3 is 0 Å². The van der Waals surface area contributed by atoms with Crippen LogP contribution in [0.2, 0.25) is 0 Å². The monoisotopic (exact) mass is 416 g/mol. The van der Waals surface area contributed by atoms with Crippen LogP contribution < -0.4 is 0 Å². The summed E-state index contributed by atoms with van der Waals surface area (Å²) in [5.74, 6) is 1.46. The second-order valence-corrected chi connectivity index (χ2v) is 8.05. The van der Waals surface area contributed by atoms with Crippen molar-refractivity contribution in [1.29, 1.82) is 0 Å². The Labute approximate surface area is 188 Å². The van der Waals surface area contributed by atoms with Gasteiger partial charge in [0.2, 0.25) is 0 Å². The first-order chi connectivity index (χ1) is 15.9. The number of aromatic nitrogens is 4. The van der Waals surface area contributed by atoms with Crippen LogP contribution in [-0.2, 0) is 0 Å². The van der Waals surface area contributed by atoms with E-state index in [2.05, 4.69) is 68.5 Å². The van der Waals surface area contributed by atoms with Crippen LogP contribution >= 0.6 is 0 Å². The maximum Gasteiger partial charge on any atom is 0.0273 e. The first kappa shape index (κ1) is 20.0. The molecule has 4 aromatic heterocycles. The van der Waals surface area contributed by atoms with E-state index in [1.165, 1.54) is 11.1 Å². The summed E-state index contributed by atoms with van der Waals surface area (Å²) in [7, 11) is 0. The molecule has 0 radical (unpaired) electrons. The summed E-state index contributed by atoms with van der Waals surface area (Å²) in [4.78, 5) is 16.8. The number of nitrogens with zero attached hydrogens (tertiary/aromatic N) is 4. The molecule has 4 heterocycles. The zero-order valence-electron chi connectivity index (χ0n) is 17.6. The van der Waals surface area contributed by atoms with Crippen LogP contribution in [0.3, 0.4) is 0 Å². The van der Waals surface area contributed by atoms with E-state index in [1.807, 2.05) is 73.8 Å². The molecule has 4 nitrogen and oxygen atoms in total. The summed E-state index contributed by atoms with van der Waals surface area (Å²) in [5.41, 5.74) is 4.97. The highest BCUT2D eigenvalue weighted by Gasteiger charge is 2.48. The predicted octanol–water partition coefficient (Wildman–Crippen LogP) is 5.81. The summed E-state index contributed by atoms with van der Waals surface area (Å²) in [6, 6.07) is 16.8. The highest BCUT2D eigenvalue weighted by Crippen LogP contribution is 2.59. The molecular formula is C28H24N4. The molecule has 4 heteroatoms. The van der Waals surface area contributed by atoms with Crippen molar-refractivity contribution >= 4 is 12.2 Å². The average molecular weight is 417 g/mol. The second kappa shape index (κ2) is 9.48. The zero-order valence-corrected chi connectivity index (χ0v) is 17.6. The van der Waals surface area contributed by atoms with Gasteiger partial charge in [-0.05, 0) is 94.5 Å². The van der Waals surface area contributed by atoms with Gasteiger partial charge < -0.3 is 0 Å². The lowest BCUT2D eigenvalue weighted by atomic mass is 9.52. The molecule has 0 saturated heterocycles. The molecule has 0 spiro atoms. The van der Waals surface area contributed by atoms with E-state index in [1.54, 1.807) is 0 Å². The van der Waals surface area contributed by atoms with E-state index in [4.69, 9.17) is 0 Å². The van der Waals surface area contributed by atoms with Gasteiger partial charge in [-0.1, -0.05) is 24.3 Å². The lowest BCUT2D eigenvalue weighted by Crippen LogP contribution is -2.41. The molecule has 0 amide bonds. The minimum Gasteiger partial charge on any atom is -0.265 e. The van der Waals surface area contributed by atoms with Crippen LogP contribution in [0, 0.1) is 11.8 Å². The van der Waals surface area contributed by atoms with Crippen LogP contribution in [0.4, 0.5) is 0 Å². The van der Waals surface area contributed by atoms with Crippen LogP contribution in [0.5, 0.6) is 0 Å². The molecule has 1 fully saturated rings. The maximum atomic E-state index is 4.24. The van der Waals surface area contributed by atoms with Crippen molar-refractivity contribution < 1.29 is 0 Å². The smallest absolute Gasteiger partial charge is 0.0273 e. The van der Waals surface area contributed by atoms with Gasteiger partial charge in [-0.2, -0.15) is 0 Å². The Kier molecular flexibility index (Phi) is 5.93. The fourth-order valence-corrected chi connectivity index (χ4v) is 4.73. The van der Waals surface area contributed by atoms with Gasteiger partial charge in [0.1, 0.15) is 0 Å². The molecule has 0 unspecified atom stereocenters. The molecule has 4 atom stereocenters. The highest BCUT2D eigenvalue weighted by atomic mass is 14.6. The summed E-state index contributed by atoms with van der Waals surface area (Å²) in [5, 5.41) is 0. The van der Waals surface area contributed by atoms with Gasteiger partial charge in [0.25, 0.3) is 0 Å². The van der Waals surface area contributed by atoms with E-state index in [9.17, 15) is 0 Å². The third kappa shape index (κ3) is 4.26. The van der Waals surface area contributed by atoms with Crippen LogP contribution in [0.15, 0.2) is 110 Å². The quantitative estimate of drug-likeness (QED) is 0.398. The number of allylic oxidation sites excluding steroid dienone is 2. The Morgan fingerprint density at radius 2 is 0.750 bits per heavy atom. The Hall–Kier alpha value is -3.92. The minimum atomic E-state index is 0.363. The number of hydrogen-bond acceptors (Lipinski definition) is 4. The van der Waals surface area contributed by atoms with E-state index < -0.39 is 0 Å². The summed E-state index contributed by atoms with van der Waals surface area (Å²) >= 11 is 0. The Morgan fingerprint density at radius 3 is 1.09 bits per heavy atom. The number of hydrogen-bond donors (Lipinski definition) is 0. The predicted molar refractivity (Wildman–Crippen MR) is 127 cm³/mol. The zero-order chi connectivity index (χ0) is 21.6. The van der Waals surface area contributed by atoms with E-state index in [0.29, 0.717) is 23.7 Å². The maximum absolute atomic E-state index is 4.24. The number of rotatable bonds is 6. The molecular weight excluding hydrogens is 392 g/mol. The van der Waals surface area contributed by atoms with Gasteiger partial charge in [0.15, 0.2) is 0 Å². The van der Waals surface area contributed by atoms with Gasteiger partial charge in [-0.15, -0.1) is 0 Å². The highest BCUT2D eigenvalue weighted by molar-refractivity contribution is 5.54. The van der Waals surface area contributed by atoms with Crippen molar-refractivity contribution in [2.45, 2.75) is 11.8 Å². The van der Waals surface area contributed by atoms with Crippen molar-refractivity contribution in [2.24, 2.45) is 11.8 Å². The van der Waals surface area contributed by atoms with E-state index in [0.717, 1.165) is 11.1 Å². The Morgan fingerprint density at radius 1 is 0.438 bits per heavy atom. The minimum absolute atomic E-state index is 0.363. The van der Waals surface area contributed by atoms with Crippen molar-refractivity contribution in [2.75, 3.05) is 0 Å². The van der Waals surface area contributed by atoms with Crippen LogP contribution in [0.1, 0.15) is 34.1 Å². The van der Waals surface area contributed by atoms with Crippen molar-refractivity contribution in [3.8, 4) is 0 Å². The molecule has 1 saturated carbocycles. The third-order valence-electron chi connectivity index (χ3n) is 6.28. The summed E-state index contributed by atoms with van der Waals surface area (Å²) in [6.07, 6.45) is 24.1. The molecule has 0 aliphatic heterocycles. The Balaban J connectivity index is 1.54. The molecule has 5 rings (SSSR count). The van der Waals surface area contributed by atoms with Crippen molar-refractivity contribution in [3.05, 3.63) is 133 Å². The summed E-state index contributed by atoms with van der Waals surface area (Å²) < 4.78 is 0. The first-order valence-corrected chi connectivity index (χ1v) is 10.9.